The minimum Gasteiger partial charge on any atom is -0.374 e. The first-order valence-electron chi connectivity index (χ1n) is 12.6. The molecule has 0 bridgehead atoms. The Morgan fingerprint density at radius 2 is 1.00 bits per heavy atom. The number of hydrogen-bond donors (Lipinski definition) is 0. The fourth-order valence-electron chi connectivity index (χ4n) is 4.33. The zero-order valence-electron chi connectivity index (χ0n) is 20.7. The van der Waals surface area contributed by atoms with Gasteiger partial charge in [0.1, 0.15) is 23.7 Å². The quantitative estimate of drug-likeness (QED) is 0.207. The number of rotatable bonds is 12. The second-order valence-electron chi connectivity index (χ2n) is 9.00. The highest BCUT2D eigenvalue weighted by Crippen LogP contribution is 2.38. The van der Waals surface area contributed by atoms with Crippen molar-refractivity contribution >= 4 is 11.8 Å². The van der Waals surface area contributed by atoms with Crippen molar-refractivity contribution in [1.82, 2.24) is 0 Å². The van der Waals surface area contributed by atoms with Crippen LogP contribution < -0.4 is 0 Å². The van der Waals surface area contributed by atoms with Crippen molar-refractivity contribution in [3.05, 3.63) is 138 Å². The molecule has 37 heavy (non-hydrogen) atoms. The largest absolute Gasteiger partial charge is 0.374 e. The maximum Gasteiger partial charge on any atom is 0.137 e. The van der Waals surface area contributed by atoms with E-state index in [1.807, 2.05) is 72.8 Å². The summed E-state index contributed by atoms with van der Waals surface area (Å²) in [6.07, 6.45) is -0.797. The van der Waals surface area contributed by atoms with Gasteiger partial charge in [0.2, 0.25) is 0 Å². The van der Waals surface area contributed by atoms with Gasteiger partial charge in [0.25, 0.3) is 0 Å². The van der Waals surface area contributed by atoms with Crippen molar-refractivity contribution in [1.29, 1.82) is 0 Å². The molecule has 0 amide bonds. The summed E-state index contributed by atoms with van der Waals surface area (Å²) in [5.74, 6) is 0. The van der Waals surface area contributed by atoms with Gasteiger partial charge in [0.05, 0.1) is 26.4 Å². The van der Waals surface area contributed by atoms with Gasteiger partial charge in [-0.25, -0.2) is 0 Å². The van der Waals surface area contributed by atoms with Crippen LogP contribution in [0.2, 0.25) is 0 Å². The van der Waals surface area contributed by atoms with Crippen LogP contribution in [0.5, 0.6) is 0 Å². The third-order valence-corrected chi connectivity index (χ3v) is 7.38. The summed E-state index contributed by atoms with van der Waals surface area (Å²) in [5.41, 5.74) is 3.15. The first kappa shape index (κ1) is 25.7. The molecule has 1 aliphatic heterocycles. The van der Waals surface area contributed by atoms with Crippen LogP contribution in [0, 0.1) is 0 Å². The highest BCUT2D eigenvalue weighted by molar-refractivity contribution is 7.99. The lowest BCUT2D eigenvalue weighted by atomic mass is 10.1. The molecule has 1 aliphatic rings. The second kappa shape index (κ2) is 13.6. The Morgan fingerprint density at radius 1 is 0.541 bits per heavy atom. The van der Waals surface area contributed by atoms with E-state index in [2.05, 4.69) is 48.5 Å². The summed E-state index contributed by atoms with van der Waals surface area (Å²) in [6, 6.07) is 41.0. The molecule has 4 aromatic carbocycles. The Kier molecular flexibility index (Phi) is 9.43. The minimum atomic E-state index is -0.277. The molecule has 1 heterocycles. The van der Waals surface area contributed by atoms with Crippen LogP contribution in [0.15, 0.2) is 126 Å². The molecule has 0 saturated carbocycles. The number of thioether (sulfide) groups is 1. The summed E-state index contributed by atoms with van der Waals surface area (Å²) in [6.45, 7) is 1.92. The summed E-state index contributed by atoms with van der Waals surface area (Å²) in [5, 5.41) is 0. The molecule has 4 aromatic rings. The molecule has 190 valence electrons. The summed E-state index contributed by atoms with van der Waals surface area (Å²) >= 11 is 1.67. The lowest BCUT2D eigenvalue weighted by Crippen LogP contribution is -2.38. The Morgan fingerprint density at radius 3 is 1.54 bits per heavy atom. The Labute approximate surface area is 223 Å². The predicted molar refractivity (Wildman–Crippen MR) is 147 cm³/mol. The van der Waals surface area contributed by atoms with E-state index >= 15 is 0 Å². The third-order valence-electron chi connectivity index (χ3n) is 6.23. The molecule has 0 aliphatic carbocycles. The fraction of sp³-hybridized carbons (Fsp3) is 0.250. The number of hydrogen-bond acceptors (Lipinski definition) is 5. The van der Waals surface area contributed by atoms with Crippen molar-refractivity contribution < 1.29 is 18.9 Å². The van der Waals surface area contributed by atoms with Crippen LogP contribution >= 0.6 is 11.8 Å². The normalized spacial score (nSPS) is 21.2. The van der Waals surface area contributed by atoms with Crippen LogP contribution in [-0.2, 0) is 38.8 Å². The molecule has 1 saturated heterocycles. The van der Waals surface area contributed by atoms with Crippen LogP contribution in [-0.4, -0.2) is 30.4 Å². The van der Waals surface area contributed by atoms with Gasteiger partial charge in [-0.15, -0.1) is 0 Å². The summed E-state index contributed by atoms with van der Waals surface area (Å²) < 4.78 is 25.8. The zero-order chi connectivity index (χ0) is 25.1. The Hall–Kier alpha value is -2.93. The van der Waals surface area contributed by atoms with Gasteiger partial charge < -0.3 is 18.9 Å². The van der Waals surface area contributed by atoms with Gasteiger partial charge in [0, 0.05) is 4.90 Å². The Bertz CT molecular complexity index is 1170. The van der Waals surface area contributed by atoms with E-state index in [0.717, 1.165) is 21.6 Å². The lowest BCUT2D eigenvalue weighted by molar-refractivity contribution is -0.0895. The van der Waals surface area contributed by atoms with E-state index in [-0.39, 0.29) is 23.7 Å². The third kappa shape index (κ3) is 7.54. The van der Waals surface area contributed by atoms with E-state index in [0.29, 0.717) is 26.4 Å². The SMILES string of the molecule is c1ccc(COC[C@H]2OC(Sc3ccccc3)[C@H](OCc3ccccc3)[C@@H]2OCc2ccccc2)cc1. The van der Waals surface area contributed by atoms with Gasteiger partial charge in [-0.1, -0.05) is 121 Å². The maximum atomic E-state index is 6.59. The highest BCUT2D eigenvalue weighted by atomic mass is 32.2. The molecule has 0 radical (unpaired) electrons. The Balaban J connectivity index is 1.33. The highest BCUT2D eigenvalue weighted by Gasteiger charge is 2.47. The van der Waals surface area contributed by atoms with Gasteiger partial charge in [-0.2, -0.15) is 0 Å². The average molecular weight is 513 g/mol. The number of ether oxygens (including phenoxy) is 4. The molecule has 5 rings (SSSR count). The van der Waals surface area contributed by atoms with Crippen LogP contribution in [0.1, 0.15) is 16.7 Å². The topological polar surface area (TPSA) is 36.9 Å². The summed E-state index contributed by atoms with van der Waals surface area (Å²) in [4.78, 5) is 1.13. The smallest absolute Gasteiger partial charge is 0.137 e. The zero-order valence-corrected chi connectivity index (χ0v) is 21.5. The first-order chi connectivity index (χ1) is 18.3. The van der Waals surface area contributed by atoms with Crippen molar-refractivity contribution in [2.75, 3.05) is 6.61 Å². The monoisotopic (exact) mass is 512 g/mol. The molecule has 4 atom stereocenters. The molecular weight excluding hydrogens is 480 g/mol. The first-order valence-corrected chi connectivity index (χ1v) is 13.5. The van der Waals surface area contributed by atoms with Crippen molar-refractivity contribution in [2.45, 2.75) is 48.5 Å². The van der Waals surface area contributed by atoms with E-state index in [9.17, 15) is 0 Å². The van der Waals surface area contributed by atoms with Gasteiger partial charge in [0.15, 0.2) is 0 Å². The van der Waals surface area contributed by atoms with Gasteiger partial charge in [-0.05, 0) is 28.8 Å². The van der Waals surface area contributed by atoms with Gasteiger partial charge >= 0.3 is 0 Å². The predicted octanol–water partition coefficient (Wildman–Crippen LogP) is 6.89. The molecule has 1 unspecified atom stereocenters. The van der Waals surface area contributed by atoms with Gasteiger partial charge in [-0.3, -0.25) is 0 Å². The molecule has 0 aromatic heterocycles. The van der Waals surface area contributed by atoms with Crippen LogP contribution in [0.4, 0.5) is 0 Å². The van der Waals surface area contributed by atoms with Crippen LogP contribution in [0.3, 0.4) is 0 Å². The maximum absolute atomic E-state index is 6.59. The van der Waals surface area contributed by atoms with Crippen molar-refractivity contribution in [3.8, 4) is 0 Å². The molecular formula is C32H32O4S. The number of benzene rings is 4. The molecule has 0 N–H and O–H groups in total. The second-order valence-corrected chi connectivity index (χ2v) is 10.2. The fourth-order valence-corrected chi connectivity index (χ4v) is 5.48. The lowest BCUT2D eigenvalue weighted by Gasteiger charge is -2.25. The average Bonchev–Trinajstić information content (AvgIpc) is 3.28. The van der Waals surface area contributed by atoms with Crippen LogP contribution in [0.25, 0.3) is 0 Å². The van der Waals surface area contributed by atoms with Crippen molar-refractivity contribution in [2.24, 2.45) is 0 Å². The van der Waals surface area contributed by atoms with E-state index in [1.54, 1.807) is 11.8 Å². The minimum absolute atomic E-state index is 0.225. The summed E-state index contributed by atoms with van der Waals surface area (Å²) in [7, 11) is 0. The van der Waals surface area contributed by atoms with E-state index < -0.39 is 0 Å². The molecule has 1 fully saturated rings. The molecule has 5 heteroatoms. The van der Waals surface area contributed by atoms with Crippen molar-refractivity contribution in [3.63, 3.8) is 0 Å². The molecule has 4 nitrogen and oxygen atoms in total. The van der Waals surface area contributed by atoms with E-state index in [1.165, 1.54) is 0 Å². The standard InChI is InChI=1S/C32H32O4S/c1-5-13-25(14-6-1)21-33-24-29-30(34-22-26-15-7-2-8-16-26)31(35-23-27-17-9-3-10-18-27)32(36-29)37-28-19-11-4-12-20-28/h1-20,29-32H,21-24H2/t29-,30-,31-,32?/m1/s1. The van der Waals surface area contributed by atoms with E-state index in [4.69, 9.17) is 18.9 Å². The molecule has 0 spiro atoms.